The monoisotopic (exact) mass is 330 g/mol. The number of allylic oxidation sites excluding steroid dienone is 1. The number of esters is 1. The Hall–Kier alpha value is -1.82. The maximum Gasteiger partial charge on any atom is 0.432 e. The van der Waals surface area contributed by atoms with Gasteiger partial charge in [0.1, 0.15) is 0 Å². The fourth-order valence-corrected chi connectivity index (χ4v) is 2.19. The molecule has 0 fully saturated rings. The third-order valence-electron chi connectivity index (χ3n) is 3.54. The first kappa shape index (κ1) is 19.2. The molecule has 0 N–H and O–H groups in total. The van der Waals surface area contributed by atoms with Crippen molar-refractivity contribution in [2.45, 2.75) is 31.5 Å². The number of hydrogen-bond acceptors (Lipinski definition) is 3. The zero-order valence-corrected chi connectivity index (χ0v) is 13.2. The minimum absolute atomic E-state index is 0.0736. The number of methoxy groups -OCH3 is 1. The zero-order valence-electron chi connectivity index (χ0n) is 13.2. The Morgan fingerprint density at radius 3 is 2.39 bits per heavy atom. The van der Waals surface area contributed by atoms with E-state index in [1.807, 2.05) is 0 Å². The predicted molar refractivity (Wildman–Crippen MR) is 80.7 cm³/mol. The number of halogens is 3. The summed E-state index contributed by atoms with van der Waals surface area (Å²) in [6.45, 7) is 5.26. The molecule has 6 heteroatoms. The highest BCUT2D eigenvalue weighted by molar-refractivity contribution is 5.82. The Labute approximate surface area is 134 Å². The Morgan fingerprint density at radius 2 is 1.91 bits per heavy atom. The standard InChI is InChI=1S/C17H21F3O3/c1-4-5-9-13(2)12-23-15(21)16(22-3,17(18,19)20)14-10-7-6-8-11-14/h4,6-8,10-11,13H,1,5,9,12H2,2-3H3/t13-,16-/m1/s1. The zero-order chi connectivity index (χ0) is 17.5. The van der Waals surface area contributed by atoms with Gasteiger partial charge in [-0.15, -0.1) is 6.58 Å². The lowest BCUT2D eigenvalue weighted by atomic mass is 9.92. The molecular formula is C17H21F3O3. The topological polar surface area (TPSA) is 35.5 Å². The molecule has 3 nitrogen and oxygen atoms in total. The van der Waals surface area contributed by atoms with Crippen molar-refractivity contribution in [3.8, 4) is 0 Å². The molecule has 0 bridgehead atoms. The van der Waals surface area contributed by atoms with E-state index in [9.17, 15) is 18.0 Å². The van der Waals surface area contributed by atoms with Gasteiger partial charge in [0.25, 0.3) is 5.60 Å². The van der Waals surface area contributed by atoms with Crippen LogP contribution in [0.5, 0.6) is 0 Å². The smallest absolute Gasteiger partial charge is 0.432 e. The average molecular weight is 330 g/mol. The van der Waals surface area contributed by atoms with E-state index in [0.29, 0.717) is 12.8 Å². The second kappa shape index (κ2) is 8.15. The van der Waals surface area contributed by atoms with Gasteiger partial charge in [0, 0.05) is 12.7 Å². The number of benzene rings is 1. The molecule has 1 aromatic rings. The molecule has 0 unspecified atom stereocenters. The quantitative estimate of drug-likeness (QED) is 0.528. The number of carbonyl (C=O) groups is 1. The van der Waals surface area contributed by atoms with Crippen LogP contribution in [0.4, 0.5) is 13.2 Å². The van der Waals surface area contributed by atoms with Crippen molar-refractivity contribution >= 4 is 5.97 Å². The molecule has 0 saturated heterocycles. The summed E-state index contributed by atoms with van der Waals surface area (Å²) in [6.07, 6.45) is -1.86. The van der Waals surface area contributed by atoms with E-state index in [2.05, 4.69) is 11.3 Å². The fraction of sp³-hybridized carbons (Fsp3) is 0.471. The van der Waals surface area contributed by atoms with Crippen LogP contribution in [0.1, 0.15) is 25.3 Å². The molecule has 1 rings (SSSR count). The third kappa shape index (κ3) is 4.34. The summed E-state index contributed by atoms with van der Waals surface area (Å²) in [7, 11) is 0.850. The van der Waals surface area contributed by atoms with Crippen LogP contribution in [-0.4, -0.2) is 25.9 Å². The second-order valence-corrected chi connectivity index (χ2v) is 5.32. The van der Waals surface area contributed by atoms with Crippen molar-refractivity contribution in [3.63, 3.8) is 0 Å². The van der Waals surface area contributed by atoms with E-state index >= 15 is 0 Å². The Kier molecular flexibility index (Phi) is 6.81. The highest BCUT2D eigenvalue weighted by Crippen LogP contribution is 2.43. The lowest BCUT2D eigenvalue weighted by Gasteiger charge is -2.32. The molecule has 2 atom stereocenters. The van der Waals surface area contributed by atoms with E-state index in [-0.39, 0.29) is 18.1 Å². The molecule has 1 aromatic carbocycles. The van der Waals surface area contributed by atoms with Crippen molar-refractivity contribution in [1.29, 1.82) is 0 Å². The Balaban J connectivity index is 3.02. The van der Waals surface area contributed by atoms with E-state index in [1.54, 1.807) is 19.1 Å². The SMILES string of the molecule is C=CCC[C@@H](C)COC(=O)[C@](OC)(c1ccccc1)C(F)(F)F. The van der Waals surface area contributed by atoms with Crippen LogP contribution >= 0.6 is 0 Å². The van der Waals surface area contributed by atoms with Gasteiger partial charge < -0.3 is 9.47 Å². The van der Waals surface area contributed by atoms with Crippen molar-refractivity contribution in [2.24, 2.45) is 5.92 Å². The molecule has 0 heterocycles. The Bertz CT molecular complexity index is 514. The van der Waals surface area contributed by atoms with E-state index in [4.69, 9.17) is 4.74 Å². The molecule has 23 heavy (non-hydrogen) atoms. The molecule has 0 amide bonds. The largest absolute Gasteiger partial charge is 0.463 e. The summed E-state index contributed by atoms with van der Waals surface area (Å²) in [5.41, 5.74) is -3.43. The summed E-state index contributed by atoms with van der Waals surface area (Å²) in [4.78, 5) is 12.2. The number of ether oxygens (including phenoxy) is 2. The minimum Gasteiger partial charge on any atom is -0.463 e. The van der Waals surface area contributed by atoms with Crippen molar-refractivity contribution < 1.29 is 27.4 Å². The highest BCUT2D eigenvalue weighted by atomic mass is 19.4. The van der Waals surface area contributed by atoms with Gasteiger partial charge in [-0.05, 0) is 18.8 Å². The first-order chi connectivity index (χ1) is 10.8. The van der Waals surface area contributed by atoms with Crippen LogP contribution in [0, 0.1) is 5.92 Å². The van der Waals surface area contributed by atoms with Crippen LogP contribution in [0.25, 0.3) is 0 Å². The van der Waals surface area contributed by atoms with Crippen LogP contribution in [0.15, 0.2) is 43.0 Å². The summed E-state index contributed by atoms with van der Waals surface area (Å²) in [5, 5.41) is 0. The maximum atomic E-state index is 13.6. The lowest BCUT2D eigenvalue weighted by molar-refractivity contribution is -0.276. The van der Waals surface area contributed by atoms with E-state index in [1.165, 1.54) is 24.3 Å². The molecule has 128 valence electrons. The van der Waals surface area contributed by atoms with Gasteiger partial charge >= 0.3 is 12.1 Å². The molecule has 0 radical (unpaired) electrons. The molecule has 0 aliphatic heterocycles. The molecule has 0 saturated carbocycles. The van der Waals surface area contributed by atoms with Crippen LogP contribution in [-0.2, 0) is 19.9 Å². The van der Waals surface area contributed by atoms with Gasteiger partial charge in [-0.3, -0.25) is 0 Å². The molecule has 0 spiro atoms. The first-order valence-electron chi connectivity index (χ1n) is 7.25. The number of hydrogen-bond donors (Lipinski definition) is 0. The molecule has 0 aliphatic rings. The Morgan fingerprint density at radius 1 is 1.30 bits per heavy atom. The molecule has 0 aliphatic carbocycles. The van der Waals surface area contributed by atoms with E-state index < -0.39 is 17.7 Å². The van der Waals surface area contributed by atoms with Crippen LogP contribution in [0.3, 0.4) is 0 Å². The van der Waals surface area contributed by atoms with Gasteiger partial charge in [0.15, 0.2) is 0 Å². The van der Waals surface area contributed by atoms with Crippen molar-refractivity contribution in [3.05, 3.63) is 48.6 Å². The normalized spacial score (nSPS) is 15.5. The van der Waals surface area contributed by atoms with Crippen molar-refractivity contribution in [2.75, 3.05) is 13.7 Å². The summed E-state index contributed by atoms with van der Waals surface area (Å²) in [6, 6.07) is 6.77. The van der Waals surface area contributed by atoms with Gasteiger partial charge in [-0.25, -0.2) is 4.79 Å². The number of rotatable bonds is 8. The number of carbonyl (C=O) groups excluding carboxylic acids is 1. The van der Waals surface area contributed by atoms with Gasteiger partial charge in [-0.1, -0.05) is 43.3 Å². The first-order valence-corrected chi connectivity index (χ1v) is 7.25. The highest BCUT2D eigenvalue weighted by Gasteiger charge is 2.64. The fourth-order valence-electron chi connectivity index (χ4n) is 2.19. The summed E-state index contributed by atoms with van der Waals surface area (Å²) < 4.78 is 50.4. The van der Waals surface area contributed by atoms with Crippen LogP contribution < -0.4 is 0 Å². The van der Waals surface area contributed by atoms with Gasteiger partial charge in [0.2, 0.25) is 0 Å². The lowest BCUT2D eigenvalue weighted by Crippen LogP contribution is -2.52. The third-order valence-corrected chi connectivity index (χ3v) is 3.54. The summed E-state index contributed by atoms with van der Waals surface area (Å²) in [5.74, 6) is -1.53. The van der Waals surface area contributed by atoms with Gasteiger partial charge in [0.05, 0.1) is 6.61 Å². The predicted octanol–water partition coefficient (Wildman–Crippen LogP) is 4.24. The van der Waals surface area contributed by atoms with E-state index in [0.717, 1.165) is 7.11 Å². The maximum absolute atomic E-state index is 13.6. The average Bonchev–Trinajstić information content (AvgIpc) is 2.51. The van der Waals surface area contributed by atoms with Gasteiger partial charge in [-0.2, -0.15) is 13.2 Å². The van der Waals surface area contributed by atoms with Crippen molar-refractivity contribution in [1.82, 2.24) is 0 Å². The minimum atomic E-state index is -4.94. The van der Waals surface area contributed by atoms with Crippen LogP contribution in [0.2, 0.25) is 0 Å². The second-order valence-electron chi connectivity index (χ2n) is 5.32. The summed E-state index contributed by atoms with van der Waals surface area (Å²) >= 11 is 0. The number of alkyl halides is 3. The molecular weight excluding hydrogens is 309 g/mol. The molecule has 0 aromatic heterocycles.